The van der Waals surface area contributed by atoms with Gasteiger partial charge in [-0.15, -0.1) is 0 Å². The molecule has 1 fully saturated rings. The number of benzene rings is 1. The molecule has 2 aliphatic rings. The van der Waals surface area contributed by atoms with E-state index in [0.29, 0.717) is 24.4 Å². The molecular formula is C23H31N3O. The normalized spacial score (nSPS) is 21.8. The zero-order valence-electron chi connectivity index (χ0n) is 16.6. The Labute approximate surface area is 163 Å². The van der Waals surface area contributed by atoms with E-state index in [1.807, 2.05) is 6.92 Å². The number of hydrogen-bond acceptors (Lipinski definition) is 4. The summed E-state index contributed by atoms with van der Waals surface area (Å²) >= 11 is 0. The molecule has 1 heterocycles. The summed E-state index contributed by atoms with van der Waals surface area (Å²) in [5, 5.41) is 0. The molecule has 0 unspecified atom stereocenters. The fraction of sp³-hybridized carbons (Fsp3) is 0.565. The van der Waals surface area contributed by atoms with Crippen LogP contribution in [0.2, 0.25) is 0 Å². The van der Waals surface area contributed by atoms with E-state index < -0.39 is 0 Å². The van der Waals surface area contributed by atoms with Gasteiger partial charge in [-0.3, -0.25) is 9.98 Å². The number of methoxy groups -OCH3 is 1. The molecule has 1 aromatic carbocycles. The van der Waals surface area contributed by atoms with Gasteiger partial charge in [0.2, 0.25) is 0 Å². The standard InChI is InChI=1S/C23H31N3O/c1-17-23(24)25-14-4-7-22(27-2)6-3-5-20-13-12-19(11-10-18-8-9-18)15-21(20)16-26-17/h12-13,15,18,22H,3-9,14,16H2,1-2H3,(H2,24,25)/t22-/m0/s1. The van der Waals surface area contributed by atoms with E-state index >= 15 is 0 Å². The smallest absolute Gasteiger partial charge is 0.139 e. The van der Waals surface area contributed by atoms with Gasteiger partial charge in [0.25, 0.3) is 0 Å². The van der Waals surface area contributed by atoms with Gasteiger partial charge < -0.3 is 10.5 Å². The van der Waals surface area contributed by atoms with E-state index in [9.17, 15) is 0 Å². The molecule has 1 aliphatic heterocycles. The van der Waals surface area contributed by atoms with E-state index in [4.69, 9.17) is 15.5 Å². The van der Waals surface area contributed by atoms with Gasteiger partial charge in [0.05, 0.1) is 18.4 Å². The molecule has 0 spiro atoms. The maximum absolute atomic E-state index is 6.10. The lowest BCUT2D eigenvalue weighted by molar-refractivity contribution is 0.0851. The molecule has 0 amide bonds. The van der Waals surface area contributed by atoms with E-state index in [0.717, 1.165) is 49.9 Å². The van der Waals surface area contributed by atoms with Gasteiger partial charge in [-0.05, 0) is 75.1 Å². The van der Waals surface area contributed by atoms with Gasteiger partial charge in [0.1, 0.15) is 5.84 Å². The minimum Gasteiger partial charge on any atom is -0.383 e. The van der Waals surface area contributed by atoms with Crippen molar-refractivity contribution in [3.63, 3.8) is 0 Å². The third-order valence-electron chi connectivity index (χ3n) is 5.33. The highest BCUT2D eigenvalue weighted by molar-refractivity contribution is 6.39. The minimum absolute atomic E-state index is 0.297. The number of aryl methyl sites for hydroxylation is 1. The van der Waals surface area contributed by atoms with Crippen molar-refractivity contribution in [1.29, 1.82) is 0 Å². The monoisotopic (exact) mass is 365 g/mol. The maximum Gasteiger partial charge on any atom is 0.139 e. The van der Waals surface area contributed by atoms with Crippen LogP contribution in [0.15, 0.2) is 28.2 Å². The van der Waals surface area contributed by atoms with Crippen LogP contribution in [0.1, 0.15) is 62.1 Å². The summed E-state index contributed by atoms with van der Waals surface area (Å²) < 4.78 is 5.64. The molecule has 4 nitrogen and oxygen atoms in total. The van der Waals surface area contributed by atoms with Crippen molar-refractivity contribution < 1.29 is 4.74 Å². The molecule has 2 N–H and O–H groups in total. The van der Waals surface area contributed by atoms with Crippen LogP contribution in [-0.2, 0) is 17.7 Å². The van der Waals surface area contributed by atoms with Crippen LogP contribution in [0.5, 0.6) is 0 Å². The molecular weight excluding hydrogens is 334 g/mol. The van der Waals surface area contributed by atoms with Gasteiger partial charge >= 0.3 is 0 Å². The molecule has 1 saturated carbocycles. The van der Waals surface area contributed by atoms with Gasteiger partial charge in [-0.25, -0.2) is 0 Å². The molecule has 0 bridgehead atoms. The SMILES string of the molecule is CO[C@@H]1CCCN=C(N)C(C)=NCc2cc(C#CC3CC3)ccc2CCC1. The van der Waals surface area contributed by atoms with Crippen LogP contribution in [-0.4, -0.2) is 31.3 Å². The van der Waals surface area contributed by atoms with Crippen molar-refractivity contribution in [1.82, 2.24) is 0 Å². The van der Waals surface area contributed by atoms with Crippen LogP contribution in [0.25, 0.3) is 0 Å². The number of ether oxygens (including phenoxy) is 1. The molecule has 0 radical (unpaired) electrons. The van der Waals surface area contributed by atoms with E-state index in [1.165, 1.54) is 24.0 Å². The van der Waals surface area contributed by atoms with Gasteiger partial charge in [-0.1, -0.05) is 17.9 Å². The first-order chi connectivity index (χ1) is 13.2. The molecule has 3 rings (SSSR count). The molecule has 144 valence electrons. The van der Waals surface area contributed by atoms with E-state index in [2.05, 4.69) is 35.0 Å². The fourth-order valence-corrected chi connectivity index (χ4v) is 3.33. The number of rotatable bonds is 1. The topological polar surface area (TPSA) is 60.0 Å². The number of hydrogen-bond donors (Lipinski definition) is 1. The molecule has 27 heavy (non-hydrogen) atoms. The molecule has 0 aromatic heterocycles. The number of nitrogens with two attached hydrogens (primary N) is 1. The Morgan fingerprint density at radius 2 is 1.89 bits per heavy atom. The number of nitrogens with zero attached hydrogens (tertiary/aromatic N) is 2. The predicted octanol–water partition coefficient (Wildman–Crippen LogP) is 3.90. The first kappa shape index (κ1) is 19.6. The summed E-state index contributed by atoms with van der Waals surface area (Å²) in [5.41, 5.74) is 10.6. The van der Waals surface area contributed by atoms with Crippen molar-refractivity contribution >= 4 is 11.5 Å². The lowest BCUT2D eigenvalue weighted by atomic mass is 9.97. The highest BCUT2D eigenvalue weighted by atomic mass is 16.5. The second-order valence-electron chi connectivity index (χ2n) is 7.59. The average Bonchev–Trinajstić information content (AvgIpc) is 3.50. The molecule has 4 heteroatoms. The van der Waals surface area contributed by atoms with Crippen molar-refractivity contribution in [3.8, 4) is 11.8 Å². The summed E-state index contributed by atoms with van der Waals surface area (Å²) in [5.74, 6) is 7.84. The zero-order chi connectivity index (χ0) is 19.1. The van der Waals surface area contributed by atoms with Gasteiger partial charge in [0, 0.05) is 25.1 Å². The van der Waals surface area contributed by atoms with E-state index in [-0.39, 0.29) is 0 Å². The number of fused-ring (bicyclic) bond motifs is 1. The van der Waals surface area contributed by atoms with Crippen molar-refractivity contribution in [2.45, 2.75) is 64.5 Å². The van der Waals surface area contributed by atoms with Gasteiger partial charge in [0.15, 0.2) is 0 Å². The van der Waals surface area contributed by atoms with Crippen LogP contribution in [0.3, 0.4) is 0 Å². The summed E-state index contributed by atoms with van der Waals surface area (Å²) in [6.07, 6.45) is 8.04. The first-order valence-corrected chi connectivity index (χ1v) is 10.1. The highest BCUT2D eigenvalue weighted by Gasteiger charge is 2.17. The summed E-state index contributed by atoms with van der Waals surface area (Å²) in [4.78, 5) is 9.18. The Morgan fingerprint density at radius 3 is 2.67 bits per heavy atom. The largest absolute Gasteiger partial charge is 0.383 e. The predicted molar refractivity (Wildman–Crippen MR) is 112 cm³/mol. The summed E-state index contributed by atoms with van der Waals surface area (Å²) in [7, 11) is 1.81. The van der Waals surface area contributed by atoms with Gasteiger partial charge in [-0.2, -0.15) is 0 Å². The van der Waals surface area contributed by atoms with E-state index in [1.54, 1.807) is 7.11 Å². The lowest BCUT2D eigenvalue weighted by Gasteiger charge is -2.16. The second kappa shape index (κ2) is 9.71. The van der Waals surface area contributed by atoms with Crippen molar-refractivity contribution in [3.05, 3.63) is 34.9 Å². The quantitative estimate of drug-likeness (QED) is 0.767. The Kier molecular flexibility index (Phi) is 7.06. The number of amidine groups is 1. The third-order valence-corrected chi connectivity index (χ3v) is 5.33. The van der Waals surface area contributed by atoms with Crippen LogP contribution in [0.4, 0.5) is 0 Å². The van der Waals surface area contributed by atoms with Crippen molar-refractivity contribution in [2.24, 2.45) is 21.6 Å². The Balaban J connectivity index is 1.84. The maximum atomic E-state index is 6.10. The molecule has 0 saturated heterocycles. The molecule has 1 atom stereocenters. The van der Waals surface area contributed by atoms with Crippen molar-refractivity contribution in [2.75, 3.05) is 13.7 Å². The number of aliphatic imine (C=N–C) groups is 2. The fourth-order valence-electron chi connectivity index (χ4n) is 3.33. The van der Waals surface area contributed by atoms with Crippen LogP contribution >= 0.6 is 0 Å². The van der Waals surface area contributed by atoms with Crippen LogP contribution in [0, 0.1) is 17.8 Å². The molecule has 1 aromatic rings. The minimum atomic E-state index is 0.297. The second-order valence-corrected chi connectivity index (χ2v) is 7.59. The Hall–Kier alpha value is -2.12. The molecule has 1 aliphatic carbocycles. The Morgan fingerprint density at radius 1 is 1.07 bits per heavy atom. The Bertz CT molecular complexity index is 766. The zero-order valence-corrected chi connectivity index (χ0v) is 16.6. The third kappa shape index (κ3) is 6.22. The highest BCUT2D eigenvalue weighted by Crippen LogP contribution is 2.27. The summed E-state index contributed by atoms with van der Waals surface area (Å²) in [6.45, 7) is 3.30. The van der Waals surface area contributed by atoms with Crippen LogP contribution < -0.4 is 5.73 Å². The first-order valence-electron chi connectivity index (χ1n) is 10.1. The summed E-state index contributed by atoms with van der Waals surface area (Å²) in [6, 6.07) is 6.58. The lowest BCUT2D eigenvalue weighted by Crippen LogP contribution is -2.22. The average molecular weight is 366 g/mol.